The quantitative estimate of drug-likeness (QED) is 0.810. The molecule has 1 rings (SSSR count). The molecule has 92 valence electrons. The zero-order valence-corrected chi connectivity index (χ0v) is 11.1. The van der Waals surface area contributed by atoms with E-state index in [-0.39, 0.29) is 35.0 Å². The number of rotatable bonds is 5. The van der Waals surface area contributed by atoms with Crippen molar-refractivity contribution in [1.29, 1.82) is 0 Å². The number of hydrogen-bond donors (Lipinski definition) is 1. The van der Waals surface area contributed by atoms with Gasteiger partial charge in [-0.25, -0.2) is 8.42 Å². The molecule has 1 heterocycles. The first-order chi connectivity index (χ1) is 7.39. The third kappa shape index (κ3) is 5.23. The first kappa shape index (κ1) is 13.9. The lowest BCUT2D eigenvalue weighted by atomic mass is 10.4. The third-order valence-corrected chi connectivity index (χ3v) is 5.53. The summed E-state index contributed by atoms with van der Waals surface area (Å²) in [4.78, 5) is 11.3. The Kier molecular flexibility index (Phi) is 5.14. The summed E-state index contributed by atoms with van der Waals surface area (Å²) in [6, 6.07) is 0. The molecule has 4 nitrogen and oxygen atoms in total. The van der Waals surface area contributed by atoms with Gasteiger partial charge in [-0.1, -0.05) is 18.2 Å². The summed E-state index contributed by atoms with van der Waals surface area (Å²) in [7, 11) is -2.86. The van der Waals surface area contributed by atoms with Crippen molar-refractivity contribution in [1.82, 2.24) is 5.32 Å². The Morgan fingerprint density at radius 2 is 2.25 bits per heavy atom. The second-order valence-corrected chi connectivity index (χ2v) is 7.68. The summed E-state index contributed by atoms with van der Waals surface area (Å²) in [6.07, 6.45) is 0.641. The van der Waals surface area contributed by atoms with Crippen molar-refractivity contribution in [3.63, 3.8) is 0 Å². The molecule has 16 heavy (non-hydrogen) atoms. The molecule has 1 fully saturated rings. The number of thioether (sulfide) groups is 1. The van der Waals surface area contributed by atoms with Crippen molar-refractivity contribution >= 4 is 39.1 Å². The van der Waals surface area contributed by atoms with Crippen molar-refractivity contribution in [2.75, 3.05) is 23.8 Å². The molecule has 1 aliphatic heterocycles. The van der Waals surface area contributed by atoms with Crippen molar-refractivity contribution in [2.24, 2.45) is 0 Å². The van der Waals surface area contributed by atoms with Crippen molar-refractivity contribution in [3.05, 3.63) is 11.6 Å². The summed E-state index contributed by atoms with van der Waals surface area (Å²) in [5.74, 6) is 0.554. The van der Waals surface area contributed by atoms with Crippen LogP contribution in [0.15, 0.2) is 11.6 Å². The van der Waals surface area contributed by atoms with Gasteiger partial charge in [0.15, 0.2) is 9.84 Å². The molecule has 0 radical (unpaired) electrons. The van der Waals surface area contributed by atoms with Gasteiger partial charge in [0.25, 0.3) is 0 Å². The summed E-state index contributed by atoms with van der Waals surface area (Å²) in [5.41, 5.74) is 0. The van der Waals surface area contributed by atoms with Gasteiger partial charge in [0, 0.05) is 10.3 Å². The van der Waals surface area contributed by atoms with Gasteiger partial charge in [0.05, 0.1) is 23.8 Å². The van der Waals surface area contributed by atoms with Crippen LogP contribution in [0.25, 0.3) is 0 Å². The van der Waals surface area contributed by atoms with Gasteiger partial charge in [-0.15, -0.1) is 11.8 Å². The minimum atomic E-state index is -2.86. The lowest BCUT2D eigenvalue weighted by Gasteiger charge is -2.07. The molecule has 1 aliphatic rings. The number of halogens is 1. The molecule has 0 aromatic heterocycles. The maximum atomic E-state index is 11.3. The Bertz CT molecular complexity index is 380. The number of carbonyl (C=O) groups excluding carboxylic acids is 1. The molecule has 0 spiro atoms. The standard InChI is InChI=1S/C9H14ClNO3S2/c1-7(10)4-11-9(12)5-15-8-2-3-16(13,14)6-8/h8H,1-6H2,(H,11,12). The number of nitrogens with one attached hydrogen (secondary N) is 1. The van der Waals surface area contributed by atoms with Crippen LogP contribution in [-0.4, -0.2) is 43.4 Å². The molecule has 0 bridgehead atoms. The highest BCUT2D eigenvalue weighted by molar-refractivity contribution is 8.02. The number of carbonyl (C=O) groups is 1. The van der Waals surface area contributed by atoms with Gasteiger partial charge < -0.3 is 5.32 Å². The first-order valence-electron chi connectivity index (χ1n) is 4.81. The second kappa shape index (κ2) is 5.93. The van der Waals surface area contributed by atoms with Crippen LogP contribution in [-0.2, 0) is 14.6 Å². The van der Waals surface area contributed by atoms with Gasteiger partial charge in [0.1, 0.15) is 0 Å². The molecule has 0 saturated carbocycles. The van der Waals surface area contributed by atoms with Crippen molar-refractivity contribution in [2.45, 2.75) is 11.7 Å². The highest BCUT2D eigenvalue weighted by Gasteiger charge is 2.28. The molecule has 0 aromatic rings. The summed E-state index contributed by atoms with van der Waals surface area (Å²) >= 11 is 6.87. The van der Waals surface area contributed by atoms with Crippen LogP contribution in [0.5, 0.6) is 0 Å². The Labute approximate surface area is 105 Å². The molecule has 0 aliphatic carbocycles. The fourth-order valence-corrected chi connectivity index (χ4v) is 4.87. The molecule has 1 atom stereocenters. The number of hydrogen-bond acceptors (Lipinski definition) is 4. The average molecular weight is 284 g/mol. The molecule has 0 aromatic carbocycles. The minimum absolute atomic E-state index is 0.0509. The van der Waals surface area contributed by atoms with E-state index in [1.165, 1.54) is 11.8 Å². The lowest BCUT2D eigenvalue weighted by molar-refractivity contribution is -0.118. The molecule has 1 unspecified atom stereocenters. The highest BCUT2D eigenvalue weighted by atomic mass is 35.5. The van der Waals surface area contributed by atoms with Gasteiger partial charge >= 0.3 is 0 Å². The Hall–Kier alpha value is -0.200. The minimum Gasteiger partial charge on any atom is -0.350 e. The van der Waals surface area contributed by atoms with Crippen LogP contribution in [0, 0.1) is 0 Å². The Balaban J connectivity index is 2.20. The van der Waals surface area contributed by atoms with Crippen LogP contribution in [0.2, 0.25) is 0 Å². The lowest BCUT2D eigenvalue weighted by Crippen LogP contribution is -2.27. The fourth-order valence-electron chi connectivity index (χ4n) is 1.33. The van der Waals surface area contributed by atoms with Crippen molar-refractivity contribution < 1.29 is 13.2 Å². The highest BCUT2D eigenvalue weighted by Crippen LogP contribution is 2.23. The van der Waals surface area contributed by atoms with E-state index in [4.69, 9.17) is 11.6 Å². The molecule has 1 N–H and O–H groups in total. The van der Waals surface area contributed by atoms with E-state index >= 15 is 0 Å². The van der Waals surface area contributed by atoms with E-state index in [2.05, 4.69) is 11.9 Å². The maximum absolute atomic E-state index is 11.3. The van der Waals surface area contributed by atoms with E-state index in [1.54, 1.807) is 0 Å². The van der Waals surface area contributed by atoms with E-state index in [0.29, 0.717) is 11.5 Å². The number of sulfone groups is 1. The van der Waals surface area contributed by atoms with Gasteiger partial charge in [-0.05, 0) is 6.42 Å². The molecule has 1 amide bonds. The van der Waals surface area contributed by atoms with Gasteiger partial charge in [-0.3, -0.25) is 4.79 Å². The van der Waals surface area contributed by atoms with E-state index < -0.39 is 9.84 Å². The fraction of sp³-hybridized carbons (Fsp3) is 0.667. The average Bonchev–Trinajstić information content (AvgIpc) is 2.52. The van der Waals surface area contributed by atoms with Crippen LogP contribution in [0.4, 0.5) is 0 Å². The summed E-state index contributed by atoms with van der Waals surface area (Å²) in [5, 5.41) is 3.01. The maximum Gasteiger partial charge on any atom is 0.230 e. The SMILES string of the molecule is C=C(Cl)CNC(=O)CSC1CCS(=O)(=O)C1. The Morgan fingerprint density at radius 1 is 1.56 bits per heavy atom. The summed E-state index contributed by atoms with van der Waals surface area (Å²) < 4.78 is 22.3. The zero-order valence-electron chi connectivity index (χ0n) is 8.74. The Morgan fingerprint density at radius 3 is 2.75 bits per heavy atom. The molecule has 1 saturated heterocycles. The zero-order chi connectivity index (χ0) is 12.2. The predicted octanol–water partition coefficient (Wildman–Crippen LogP) is 0.775. The van der Waals surface area contributed by atoms with Crippen LogP contribution >= 0.6 is 23.4 Å². The number of amides is 1. The predicted molar refractivity (Wildman–Crippen MR) is 67.5 cm³/mol. The topological polar surface area (TPSA) is 63.2 Å². The van der Waals surface area contributed by atoms with Crippen LogP contribution in [0.1, 0.15) is 6.42 Å². The molecular formula is C9H14ClNO3S2. The molecule has 7 heteroatoms. The monoisotopic (exact) mass is 283 g/mol. The second-order valence-electron chi connectivity index (χ2n) is 3.63. The van der Waals surface area contributed by atoms with E-state index in [1.807, 2.05) is 0 Å². The normalized spacial score (nSPS) is 22.9. The summed E-state index contributed by atoms with van der Waals surface area (Å²) in [6.45, 7) is 3.70. The first-order valence-corrected chi connectivity index (χ1v) is 8.06. The van der Waals surface area contributed by atoms with Gasteiger partial charge in [-0.2, -0.15) is 0 Å². The van der Waals surface area contributed by atoms with Crippen LogP contribution in [0.3, 0.4) is 0 Å². The van der Waals surface area contributed by atoms with Crippen molar-refractivity contribution in [3.8, 4) is 0 Å². The van der Waals surface area contributed by atoms with E-state index in [0.717, 1.165) is 0 Å². The van der Waals surface area contributed by atoms with E-state index in [9.17, 15) is 13.2 Å². The molecular weight excluding hydrogens is 270 g/mol. The van der Waals surface area contributed by atoms with Crippen LogP contribution < -0.4 is 5.32 Å². The smallest absolute Gasteiger partial charge is 0.230 e. The van der Waals surface area contributed by atoms with Gasteiger partial charge in [0.2, 0.25) is 5.91 Å². The largest absolute Gasteiger partial charge is 0.350 e. The third-order valence-electron chi connectivity index (χ3n) is 2.12.